The van der Waals surface area contributed by atoms with Gasteiger partial charge < -0.3 is 10.1 Å². The summed E-state index contributed by atoms with van der Waals surface area (Å²) in [6.07, 6.45) is 2.28. The van der Waals surface area contributed by atoms with Crippen molar-refractivity contribution in [3.63, 3.8) is 0 Å². The topological polar surface area (TPSA) is 34.2 Å². The highest BCUT2D eigenvalue weighted by atomic mass is 35.5. The number of anilines is 1. The molecular weight excluding hydrogens is 212 g/mol. The number of rotatable bonds is 2. The largest absolute Gasteiger partial charge is 0.379 e. The van der Waals surface area contributed by atoms with E-state index in [2.05, 4.69) is 10.3 Å². The molecule has 1 aliphatic rings. The van der Waals surface area contributed by atoms with Gasteiger partial charge in [-0.1, -0.05) is 11.6 Å². The Balaban J connectivity index is 2.03. The first-order chi connectivity index (χ1) is 7.25. The quantitative estimate of drug-likeness (QED) is 0.788. The zero-order chi connectivity index (χ0) is 10.7. The van der Waals surface area contributed by atoms with Crippen LogP contribution in [0.5, 0.6) is 0 Å². The van der Waals surface area contributed by atoms with Crippen molar-refractivity contribution >= 4 is 17.3 Å². The molecule has 0 spiro atoms. The van der Waals surface area contributed by atoms with Gasteiger partial charge in [0.05, 0.1) is 18.0 Å². The van der Waals surface area contributed by atoms with E-state index < -0.39 is 0 Å². The molecule has 4 heteroatoms. The van der Waals surface area contributed by atoms with Crippen molar-refractivity contribution in [2.45, 2.75) is 25.8 Å². The lowest BCUT2D eigenvalue weighted by Crippen LogP contribution is -2.30. The molecule has 0 radical (unpaired) electrons. The van der Waals surface area contributed by atoms with E-state index in [0.29, 0.717) is 11.2 Å². The molecule has 0 amide bonds. The highest BCUT2D eigenvalue weighted by molar-refractivity contribution is 6.29. The molecule has 15 heavy (non-hydrogen) atoms. The fourth-order valence-electron chi connectivity index (χ4n) is 1.76. The number of ether oxygens (including phenoxy) is 1. The molecule has 1 unspecified atom stereocenters. The third-order valence-electron chi connectivity index (χ3n) is 2.57. The van der Waals surface area contributed by atoms with Crippen molar-refractivity contribution in [3.05, 3.63) is 23.0 Å². The first-order valence-electron chi connectivity index (χ1n) is 5.23. The Morgan fingerprint density at radius 2 is 2.40 bits per heavy atom. The number of aromatic nitrogens is 1. The number of aryl methyl sites for hydroxylation is 1. The summed E-state index contributed by atoms with van der Waals surface area (Å²) in [5.74, 6) is 0. The maximum atomic E-state index is 5.80. The molecule has 0 saturated carbocycles. The molecule has 1 aliphatic heterocycles. The average molecular weight is 227 g/mol. The lowest BCUT2D eigenvalue weighted by Gasteiger charge is -2.24. The van der Waals surface area contributed by atoms with Crippen LogP contribution in [0.1, 0.15) is 18.5 Å². The van der Waals surface area contributed by atoms with Gasteiger partial charge >= 0.3 is 0 Å². The van der Waals surface area contributed by atoms with Crippen LogP contribution in [-0.4, -0.2) is 24.2 Å². The van der Waals surface area contributed by atoms with E-state index in [-0.39, 0.29) is 0 Å². The Kier molecular flexibility index (Phi) is 3.44. The fraction of sp³-hybridized carbons (Fsp3) is 0.545. The van der Waals surface area contributed by atoms with Gasteiger partial charge in [0, 0.05) is 12.6 Å². The molecule has 0 aromatic carbocycles. The Bertz CT molecular complexity index is 337. The number of pyridine rings is 1. The van der Waals surface area contributed by atoms with Crippen molar-refractivity contribution in [1.29, 1.82) is 0 Å². The first-order valence-corrected chi connectivity index (χ1v) is 5.61. The molecule has 0 bridgehead atoms. The van der Waals surface area contributed by atoms with Crippen LogP contribution in [0.25, 0.3) is 0 Å². The molecule has 1 aromatic rings. The summed E-state index contributed by atoms with van der Waals surface area (Å²) in [5.41, 5.74) is 1.99. The Morgan fingerprint density at radius 1 is 1.53 bits per heavy atom. The smallest absolute Gasteiger partial charge is 0.129 e. The lowest BCUT2D eigenvalue weighted by atomic mass is 10.1. The van der Waals surface area contributed by atoms with E-state index in [1.807, 2.05) is 13.0 Å². The van der Waals surface area contributed by atoms with Crippen LogP contribution in [0, 0.1) is 6.92 Å². The maximum Gasteiger partial charge on any atom is 0.129 e. The summed E-state index contributed by atoms with van der Waals surface area (Å²) in [7, 11) is 0. The molecule has 2 heterocycles. The number of nitrogens with zero attached hydrogens (tertiary/aromatic N) is 1. The van der Waals surface area contributed by atoms with Crippen molar-refractivity contribution < 1.29 is 4.74 Å². The number of hydrogen-bond acceptors (Lipinski definition) is 3. The third-order valence-corrected chi connectivity index (χ3v) is 2.78. The molecule has 1 atom stereocenters. The predicted octanol–water partition coefficient (Wildman–Crippen LogP) is 2.63. The molecule has 1 saturated heterocycles. The Morgan fingerprint density at radius 3 is 3.07 bits per heavy atom. The van der Waals surface area contributed by atoms with Crippen LogP contribution < -0.4 is 5.32 Å². The highest BCUT2D eigenvalue weighted by Gasteiger charge is 2.14. The van der Waals surface area contributed by atoms with Gasteiger partial charge in [-0.2, -0.15) is 0 Å². The normalized spacial score (nSPS) is 21.3. The number of hydrogen-bond donors (Lipinski definition) is 1. The van der Waals surface area contributed by atoms with Gasteiger partial charge in [0.1, 0.15) is 5.15 Å². The van der Waals surface area contributed by atoms with Crippen molar-refractivity contribution in [1.82, 2.24) is 4.98 Å². The maximum absolute atomic E-state index is 5.80. The lowest BCUT2D eigenvalue weighted by molar-refractivity contribution is 0.0876. The Hall–Kier alpha value is -0.800. The summed E-state index contributed by atoms with van der Waals surface area (Å²) in [5, 5.41) is 3.97. The molecule has 0 aliphatic carbocycles. The van der Waals surface area contributed by atoms with Crippen LogP contribution in [0.4, 0.5) is 5.69 Å². The average Bonchev–Trinajstić information content (AvgIpc) is 2.24. The molecular formula is C11H15ClN2O. The summed E-state index contributed by atoms with van der Waals surface area (Å²) in [6, 6.07) is 4.18. The van der Waals surface area contributed by atoms with E-state index in [9.17, 15) is 0 Å². The minimum absolute atomic E-state index is 0.403. The summed E-state index contributed by atoms with van der Waals surface area (Å²) in [4.78, 5) is 4.20. The van der Waals surface area contributed by atoms with Crippen molar-refractivity contribution in [2.24, 2.45) is 0 Å². The minimum atomic E-state index is 0.403. The Labute approximate surface area is 94.8 Å². The zero-order valence-corrected chi connectivity index (χ0v) is 9.55. The summed E-state index contributed by atoms with van der Waals surface area (Å²) < 4.78 is 5.41. The monoisotopic (exact) mass is 226 g/mol. The predicted molar refractivity (Wildman–Crippen MR) is 61.4 cm³/mol. The second-order valence-electron chi connectivity index (χ2n) is 3.83. The van der Waals surface area contributed by atoms with Gasteiger partial charge in [-0.15, -0.1) is 0 Å². The van der Waals surface area contributed by atoms with Crippen LogP contribution in [0.3, 0.4) is 0 Å². The molecule has 1 N–H and O–H groups in total. The molecule has 1 fully saturated rings. The van der Waals surface area contributed by atoms with E-state index >= 15 is 0 Å². The summed E-state index contributed by atoms with van der Waals surface area (Å²) >= 11 is 5.80. The van der Waals surface area contributed by atoms with E-state index in [4.69, 9.17) is 16.3 Å². The SMILES string of the molecule is Cc1nc(Cl)ccc1NC1CCCOC1. The third kappa shape index (κ3) is 2.83. The molecule has 1 aromatic heterocycles. The summed E-state index contributed by atoms with van der Waals surface area (Å²) in [6.45, 7) is 3.62. The number of halogens is 1. The fourth-order valence-corrected chi connectivity index (χ4v) is 1.95. The van der Waals surface area contributed by atoms with E-state index in [1.165, 1.54) is 0 Å². The second kappa shape index (κ2) is 4.81. The van der Waals surface area contributed by atoms with Crippen LogP contribution >= 0.6 is 11.6 Å². The second-order valence-corrected chi connectivity index (χ2v) is 4.21. The van der Waals surface area contributed by atoms with Gasteiger partial charge in [0.25, 0.3) is 0 Å². The van der Waals surface area contributed by atoms with E-state index in [1.54, 1.807) is 6.07 Å². The van der Waals surface area contributed by atoms with Crippen LogP contribution in [0.15, 0.2) is 12.1 Å². The van der Waals surface area contributed by atoms with Crippen molar-refractivity contribution in [3.8, 4) is 0 Å². The zero-order valence-electron chi connectivity index (χ0n) is 8.79. The standard InChI is InChI=1S/C11H15ClN2O/c1-8-10(4-5-11(12)13-8)14-9-3-2-6-15-7-9/h4-5,9,14H,2-3,6-7H2,1H3. The number of nitrogens with one attached hydrogen (secondary N) is 1. The van der Waals surface area contributed by atoms with E-state index in [0.717, 1.165) is 37.4 Å². The minimum Gasteiger partial charge on any atom is -0.379 e. The van der Waals surface area contributed by atoms with Crippen LogP contribution in [0.2, 0.25) is 5.15 Å². The van der Waals surface area contributed by atoms with Gasteiger partial charge in [-0.3, -0.25) is 0 Å². The van der Waals surface area contributed by atoms with Gasteiger partial charge in [-0.25, -0.2) is 4.98 Å². The molecule has 82 valence electrons. The highest BCUT2D eigenvalue weighted by Crippen LogP contribution is 2.19. The first kappa shape index (κ1) is 10.7. The van der Waals surface area contributed by atoms with Crippen molar-refractivity contribution in [2.75, 3.05) is 18.5 Å². The van der Waals surface area contributed by atoms with Gasteiger partial charge in [-0.05, 0) is 31.9 Å². The molecule has 3 nitrogen and oxygen atoms in total. The van der Waals surface area contributed by atoms with Gasteiger partial charge in [0.15, 0.2) is 0 Å². The van der Waals surface area contributed by atoms with Crippen LogP contribution in [-0.2, 0) is 4.74 Å². The van der Waals surface area contributed by atoms with Gasteiger partial charge in [0.2, 0.25) is 0 Å². The molecule has 2 rings (SSSR count).